The molecule has 76 valence electrons. The lowest BCUT2D eigenvalue weighted by Gasteiger charge is -2.27. The fourth-order valence-electron chi connectivity index (χ4n) is 1.58. The van der Waals surface area contributed by atoms with Gasteiger partial charge in [0, 0.05) is 19.6 Å². The van der Waals surface area contributed by atoms with Crippen LogP contribution in [0.15, 0.2) is 10.8 Å². The number of carbonyl (C=O) groups is 1. The number of rotatable bonds is 2. The van der Waals surface area contributed by atoms with Crippen molar-refractivity contribution in [3.63, 3.8) is 0 Å². The molecule has 14 heavy (non-hydrogen) atoms. The maximum Gasteiger partial charge on any atom is 0.317 e. The summed E-state index contributed by atoms with van der Waals surface area (Å²) in [5, 5.41) is 7.10. The average molecular weight is 210 g/mol. The van der Waals surface area contributed by atoms with E-state index in [0.717, 1.165) is 26.1 Å². The normalized spacial score (nSPS) is 16.9. The zero-order valence-corrected chi connectivity index (χ0v) is 9.06. The topological polar surface area (TPSA) is 32.3 Å². The number of nitrogens with one attached hydrogen (secondary N) is 1. The Morgan fingerprint density at radius 1 is 1.57 bits per heavy atom. The number of amides is 2. The van der Waals surface area contributed by atoms with E-state index in [1.54, 1.807) is 11.3 Å². The van der Waals surface area contributed by atoms with Crippen molar-refractivity contribution in [2.24, 2.45) is 0 Å². The van der Waals surface area contributed by atoms with Crippen LogP contribution < -0.4 is 5.32 Å². The van der Waals surface area contributed by atoms with Crippen molar-refractivity contribution in [1.82, 2.24) is 10.2 Å². The molecule has 1 aromatic heterocycles. The minimum absolute atomic E-state index is 0.0712. The predicted octanol–water partition coefficient (Wildman–Crippen LogP) is 1.97. The molecular formula is C10H14N2OS. The summed E-state index contributed by atoms with van der Waals surface area (Å²) >= 11 is 1.70. The Bertz CT molecular complexity index is 335. The van der Waals surface area contributed by atoms with Gasteiger partial charge in [0.15, 0.2) is 0 Å². The van der Waals surface area contributed by atoms with Crippen LogP contribution in [0.2, 0.25) is 0 Å². The highest BCUT2D eigenvalue weighted by Gasteiger charge is 2.17. The minimum Gasteiger partial charge on any atom is -0.338 e. The Hall–Kier alpha value is -1.03. The van der Waals surface area contributed by atoms with Crippen molar-refractivity contribution in [3.05, 3.63) is 21.9 Å². The molecule has 1 aromatic rings. The van der Waals surface area contributed by atoms with Crippen LogP contribution in [0.3, 0.4) is 0 Å². The van der Waals surface area contributed by atoms with Gasteiger partial charge in [-0.15, -0.1) is 0 Å². The van der Waals surface area contributed by atoms with Crippen molar-refractivity contribution in [2.45, 2.75) is 19.9 Å². The molecule has 0 aliphatic carbocycles. The van der Waals surface area contributed by atoms with Crippen molar-refractivity contribution in [2.75, 3.05) is 13.1 Å². The van der Waals surface area contributed by atoms with Crippen LogP contribution in [0.5, 0.6) is 0 Å². The smallest absolute Gasteiger partial charge is 0.317 e. The second-order valence-corrected chi connectivity index (χ2v) is 4.33. The van der Waals surface area contributed by atoms with Crippen molar-refractivity contribution in [3.8, 4) is 0 Å². The highest BCUT2D eigenvalue weighted by molar-refractivity contribution is 7.08. The number of thiophene rings is 1. The summed E-state index contributed by atoms with van der Waals surface area (Å²) in [6.07, 6.45) is 1.05. The van der Waals surface area contributed by atoms with Gasteiger partial charge >= 0.3 is 6.03 Å². The van der Waals surface area contributed by atoms with E-state index < -0.39 is 0 Å². The molecule has 1 N–H and O–H groups in total. The zero-order chi connectivity index (χ0) is 9.97. The summed E-state index contributed by atoms with van der Waals surface area (Å²) in [4.78, 5) is 13.3. The van der Waals surface area contributed by atoms with Gasteiger partial charge in [0.1, 0.15) is 0 Å². The predicted molar refractivity (Wildman–Crippen MR) is 57.5 cm³/mol. The van der Waals surface area contributed by atoms with E-state index in [4.69, 9.17) is 0 Å². The second kappa shape index (κ2) is 4.00. The molecule has 2 heterocycles. The summed E-state index contributed by atoms with van der Waals surface area (Å²) in [7, 11) is 0. The average Bonchev–Trinajstić information content (AvgIpc) is 2.56. The van der Waals surface area contributed by atoms with Gasteiger partial charge in [-0.2, -0.15) is 11.3 Å². The zero-order valence-electron chi connectivity index (χ0n) is 8.25. The number of nitrogens with zero attached hydrogens (tertiary/aromatic N) is 1. The molecule has 1 saturated heterocycles. The molecule has 4 heteroatoms. The number of hydrogen-bond acceptors (Lipinski definition) is 2. The van der Waals surface area contributed by atoms with Crippen LogP contribution in [-0.4, -0.2) is 24.0 Å². The highest BCUT2D eigenvalue weighted by Crippen LogP contribution is 2.16. The van der Waals surface area contributed by atoms with E-state index in [0.29, 0.717) is 0 Å². The molecule has 0 spiro atoms. The molecule has 0 unspecified atom stereocenters. The first kappa shape index (κ1) is 9.52. The third-order valence-electron chi connectivity index (χ3n) is 2.49. The third-order valence-corrected chi connectivity index (χ3v) is 3.40. The van der Waals surface area contributed by atoms with Gasteiger partial charge < -0.3 is 10.2 Å². The summed E-state index contributed by atoms with van der Waals surface area (Å²) < 4.78 is 0. The third kappa shape index (κ3) is 1.90. The molecule has 2 amide bonds. The first-order chi connectivity index (χ1) is 6.77. The molecule has 0 radical (unpaired) electrons. The van der Waals surface area contributed by atoms with E-state index >= 15 is 0 Å². The van der Waals surface area contributed by atoms with E-state index in [9.17, 15) is 4.79 Å². The molecule has 1 aliphatic heterocycles. The van der Waals surface area contributed by atoms with Gasteiger partial charge in [-0.1, -0.05) is 0 Å². The van der Waals surface area contributed by atoms with Crippen molar-refractivity contribution in [1.29, 1.82) is 0 Å². The number of aryl methyl sites for hydroxylation is 1. The van der Waals surface area contributed by atoms with E-state index in [1.165, 1.54) is 11.1 Å². The summed E-state index contributed by atoms with van der Waals surface area (Å²) in [6.45, 7) is 4.54. The van der Waals surface area contributed by atoms with Crippen LogP contribution in [-0.2, 0) is 6.54 Å². The molecule has 0 atom stereocenters. The van der Waals surface area contributed by atoms with Gasteiger partial charge in [-0.3, -0.25) is 0 Å². The minimum atomic E-state index is 0.0712. The van der Waals surface area contributed by atoms with Gasteiger partial charge in [0.05, 0.1) is 0 Å². The van der Waals surface area contributed by atoms with Crippen LogP contribution in [0.4, 0.5) is 4.79 Å². The van der Waals surface area contributed by atoms with Crippen molar-refractivity contribution < 1.29 is 4.79 Å². The highest BCUT2D eigenvalue weighted by atomic mass is 32.1. The largest absolute Gasteiger partial charge is 0.338 e. The van der Waals surface area contributed by atoms with Crippen LogP contribution in [0.25, 0.3) is 0 Å². The Balaban J connectivity index is 2.03. The molecule has 0 saturated carbocycles. The lowest BCUT2D eigenvalue weighted by molar-refractivity contribution is 0.183. The number of hydrogen-bond donors (Lipinski definition) is 1. The number of carbonyl (C=O) groups excluding carboxylic acids is 1. The lowest BCUT2D eigenvalue weighted by Crippen LogP contribution is -2.45. The SMILES string of the molecule is Cc1cscc1CN1CCCNC1=O. The second-order valence-electron chi connectivity index (χ2n) is 3.59. The molecule has 2 rings (SSSR count). The van der Waals surface area contributed by atoms with E-state index in [-0.39, 0.29) is 6.03 Å². The molecule has 1 aliphatic rings. The van der Waals surface area contributed by atoms with Gasteiger partial charge in [0.2, 0.25) is 0 Å². The lowest BCUT2D eigenvalue weighted by atomic mass is 10.2. The molecular weight excluding hydrogens is 196 g/mol. The molecule has 0 bridgehead atoms. The fraction of sp³-hybridized carbons (Fsp3) is 0.500. The first-order valence-electron chi connectivity index (χ1n) is 4.82. The fourth-order valence-corrected chi connectivity index (χ4v) is 2.43. The van der Waals surface area contributed by atoms with Gasteiger partial charge in [-0.05, 0) is 35.2 Å². The van der Waals surface area contributed by atoms with Crippen molar-refractivity contribution >= 4 is 17.4 Å². The standard InChI is InChI=1S/C10H14N2OS/c1-8-6-14-7-9(8)5-12-4-2-3-11-10(12)13/h6-7H,2-5H2,1H3,(H,11,13). The monoisotopic (exact) mass is 210 g/mol. The Morgan fingerprint density at radius 2 is 2.43 bits per heavy atom. The van der Waals surface area contributed by atoms with E-state index in [1.807, 2.05) is 4.90 Å². The first-order valence-corrected chi connectivity index (χ1v) is 5.76. The van der Waals surface area contributed by atoms with Crippen LogP contribution in [0, 0.1) is 6.92 Å². The molecule has 1 fully saturated rings. The molecule has 0 aromatic carbocycles. The number of urea groups is 1. The quantitative estimate of drug-likeness (QED) is 0.795. The van der Waals surface area contributed by atoms with Crippen LogP contribution in [0.1, 0.15) is 17.5 Å². The maximum absolute atomic E-state index is 11.5. The Labute approximate surface area is 87.7 Å². The van der Waals surface area contributed by atoms with Crippen LogP contribution >= 0.6 is 11.3 Å². The summed E-state index contributed by atoms with van der Waals surface area (Å²) in [5.41, 5.74) is 2.56. The molecule has 3 nitrogen and oxygen atoms in total. The summed E-state index contributed by atoms with van der Waals surface area (Å²) in [6, 6.07) is 0.0712. The van der Waals surface area contributed by atoms with E-state index in [2.05, 4.69) is 23.0 Å². The van der Waals surface area contributed by atoms with Gasteiger partial charge in [-0.25, -0.2) is 4.79 Å². The Kier molecular flexibility index (Phi) is 2.72. The van der Waals surface area contributed by atoms with Gasteiger partial charge in [0.25, 0.3) is 0 Å². The maximum atomic E-state index is 11.5. The summed E-state index contributed by atoms with van der Waals surface area (Å²) in [5.74, 6) is 0. The Morgan fingerprint density at radius 3 is 3.07 bits per heavy atom.